The predicted molar refractivity (Wildman–Crippen MR) is 77.2 cm³/mol. The Labute approximate surface area is 114 Å². The monoisotopic (exact) mass is 269 g/mol. The Morgan fingerprint density at radius 3 is 2.67 bits per heavy atom. The van der Waals surface area contributed by atoms with E-state index in [-0.39, 0.29) is 0 Å². The number of nitrogens with one attached hydrogen (secondary N) is 1. The lowest BCUT2D eigenvalue weighted by Crippen LogP contribution is -2.18. The van der Waals surface area contributed by atoms with Crippen LogP contribution in [0, 0.1) is 0 Å². The second kappa shape index (κ2) is 10.4. The molecule has 0 heterocycles. The summed E-state index contributed by atoms with van der Waals surface area (Å²) in [6.45, 7) is 3.38. The Morgan fingerprint density at radius 1 is 1.11 bits per heavy atom. The second-order valence-corrected chi connectivity index (χ2v) is 5.11. The van der Waals surface area contributed by atoms with Crippen LogP contribution in [0.25, 0.3) is 0 Å². The highest BCUT2D eigenvalue weighted by molar-refractivity contribution is 7.99. The van der Waals surface area contributed by atoms with Gasteiger partial charge in [-0.3, -0.25) is 0 Å². The number of rotatable bonds is 10. The molecule has 1 aromatic rings. The quantitative estimate of drug-likeness (QED) is 0.522. The van der Waals surface area contributed by atoms with Gasteiger partial charge in [0.25, 0.3) is 0 Å². The molecule has 18 heavy (non-hydrogen) atoms. The number of benzene rings is 1. The zero-order valence-electron chi connectivity index (χ0n) is 11.3. The molecule has 0 saturated carbocycles. The molecule has 1 N–H and O–H groups in total. The lowest BCUT2D eigenvalue weighted by atomic mass is 10.2. The first-order chi connectivity index (χ1) is 8.88. The van der Waals surface area contributed by atoms with E-state index >= 15 is 0 Å². The maximum atomic E-state index is 5.06. The molecule has 0 spiro atoms. The van der Waals surface area contributed by atoms with Crippen molar-refractivity contribution in [3.8, 4) is 0 Å². The highest BCUT2D eigenvalue weighted by Crippen LogP contribution is 2.23. The molecule has 0 aromatic heterocycles. The van der Waals surface area contributed by atoms with E-state index in [2.05, 4.69) is 29.6 Å². The van der Waals surface area contributed by atoms with Gasteiger partial charge in [-0.15, -0.1) is 11.8 Å². The van der Waals surface area contributed by atoms with E-state index in [4.69, 9.17) is 9.47 Å². The summed E-state index contributed by atoms with van der Waals surface area (Å²) in [5.41, 5.74) is 1.36. The van der Waals surface area contributed by atoms with Crippen molar-refractivity contribution in [3.63, 3.8) is 0 Å². The van der Waals surface area contributed by atoms with Gasteiger partial charge in [0.2, 0.25) is 0 Å². The van der Waals surface area contributed by atoms with Gasteiger partial charge in [0, 0.05) is 44.6 Å². The van der Waals surface area contributed by atoms with Crippen molar-refractivity contribution in [2.45, 2.75) is 17.9 Å². The smallest absolute Gasteiger partial charge is 0.0587 e. The first kappa shape index (κ1) is 15.5. The molecule has 3 nitrogen and oxygen atoms in total. The van der Waals surface area contributed by atoms with Gasteiger partial charge < -0.3 is 14.8 Å². The van der Waals surface area contributed by atoms with Crippen molar-refractivity contribution in [1.82, 2.24) is 5.32 Å². The predicted octanol–water partition coefficient (Wildman–Crippen LogP) is 2.55. The van der Waals surface area contributed by atoms with Gasteiger partial charge >= 0.3 is 0 Å². The van der Waals surface area contributed by atoms with Crippen molar-refractivity contribution in [1.29, 1.82) is 0 Å². The van der Waals surface area contributed by atoms with E-state index in [9.17, 15) is 0 Å². The number of thioether (sulfide) groups is 1. The van der Waals surface area contributed by atoms with E-state index in [1.807, 2.05) is 11.8 Å². The topological polar surface area (TPSA) is 30.5 Å². The minimum Gasteiger partial charge on any atom is -0.385 e. The molecule has 0 aliphatic heterocycles. The van der Waals surface area contributed by atoms with E-state index < -0.39 is 0 Å². The fraction of sp³-hybridized carbons (Fsp3) is 0.571. The largest absolute Gasteiger partial charge is 0.385 e. The molecule has 0 amide bonds. The zero-order chi connectivity index (χ0) is 13.1. The first-order valence-electron chi connectivity index (χ1n) is 6.27. The molecule has 0 unspecified atom stereocenters. The molecule has 0 radical (unpaired) electrons. The van der Waals surface area contributed by atoms with Crippen LogP contribution in [0.15, 0.2) is 29.2 Å². The fourth-order valence-electron chi connectivity index (χ4n) is 1.57. The van der Waals surface area contributed by atoms with Crippen LogP contribution in [0.3, 0.4) is 0 Å². The molecule has 102 valence electrons. The SMILES string of the molecule is COCCCSc1ccccc1CNCCOC. The fourth-order valence-corrected chi connectivity index (χ4v) is 2.56. The van der Waals surface area contributed by atoms with E-state index in [0.29, 0.717) is 0 Å². The number of ether oxygens (including phenoxy) is 2. The number of hydrogen-bond acceptors (Lipinski definition) is 4. The Hall–Kier alpha value is -0.550. The van der Waals surface area contributed by atoms with Crippen LogP contribution in [0.2, 0.25) is 0 Å². The van der Waals surface area contributed by atoms with Crippen molar-refractivity contribution in [2.24, 2.45) is 0 Å². The van der Waals surface area contributed by atoms with E-state index in [0.717, 1.165) is 38.5 Å². The van der Waals surface area contributed by atoms with Crippen LogP contribution in [-0.2, 0) is 16.0 Å². The van der Waals surface area contributed by atoms with Gasteiger partial charge in [-0.05, 0) is 18.1 Å². The van der Waals surface area contributed by atoms with Crippen LogP contribution in [0.1, 0.15) is 12.0 Å². The average molecular weight is 269 g/mol. The zero-order valence-corrected chi connectivity index (χ0v) is 12.1. The minimum absolute atomic E-state index is 0.753. The van der Waals surface area contributed by atoms with Crippen LogP contribution < -0.4 is 5.32 Å². The van der Waals surface area contributed by atoms with Gasteiger partial charge in [0.15, 0.2) is 0 Å². The summed E-state index contributed by atoms with van der Waals surface area (Å²) in [6, 6.07) is 8.55. The summed E-state index contributed by atoms with van der Waals surface area (Å²) in [4.78, 5) is 1.36. The summed E-state index contributed by atoms with van der Waals surface area (Å²) >= 11 is 1.90. The van der Waals surface area contributed by atoms with Gasteiger partial charge in [-0.25, -0.2) is 0 Å². The van der Waals surface area contributed by atoms with Gasteiger partial charge in [-0.2, -0.15) is 0 Å². The molecule has 0 aliphatic carbocycles. The van der Waals surface area contributed by atoms with Crippen LogP contribution in [-0.4, -0.2) is 39.7 Å². The molecule has 0 fully saturated rings. The molecule has 0 atom stereocenters. The Kier molecular flexibility index (Phi) is 8.94. The third-order valence-corrected chi connectivity index (χ3v) is 3.72. The number of methoxy groups -OCH3 is 2. The van der Waals surface area contributed by atoms with Crippen molar-refractivity contribution in [3.05, 3.63) is 29.8 Å². The first-order valence-corrected chi connectivity index (χ1v) is 7.26. The molecule has 4 heteroatoms. The average Bonchev–Trinajstić information content (AvgIpc) is 2.41. The van der Waals surface area contributed by atoms with Crippen LogP contribution >= 0.6 is 11.8 Å². The Morgan fingerprint density at radius 2 is 1.89 bits per heavy atom. The van der Waals surface area contributed by atoms with Gasteiger partial charge in [0.05, 0.1) is 6.61 Å². The lowest BCUT2D eigenvalue weighted by Gasteiger charge is -2.10. The van der Waals surface area contributed by atoms with Crippen LogP contribution in [0.5, 0.6) is 0 Å². The number of hydrogen-bond donors (Lipinski definition) is 1. The molecule has 1 aromatic carbocycles. The van der Waals surface area contributed by atoms with Gasteiger partial charge in [-0.1, -0.05) is 18.2 Å². The van der Waals surface area contributed by atoms with Crippen molar-refractivity contribution < 1.29 is 9.47 Å². The normalized spacial score (nSPS) is 10.8. The molecule has 1 rings (SSSR count). The Bertz CT molecular complexity index is 289. The third-order valence-electron chi connectivity index (χ3n) is 2.52. The highest BCUT2D eigenvalue weighted by atomic mass is 32.2. The minimum atomic E-state index is 0.753. The molecule has 0 aliphatic rings. The molecular weight excluding hydrogens is 246 g/mol. The summed E-state index contributed by atoms with van der Waals surface area (Å²) < 4.78 is 10.1. The maximum Gasteiger partial charge on any atom is 0.0587 e. The second-order valence-electron chi connectivity index (χ2n) is 3.97. The van der Waals surface area contributed by atoms with Gasteiger partial charge in [0.1, 0.15) is 0 Å². The highest BCUT2D eigenvalue weighted by Gasteiger charge is 2.01. The molecular formula is C14H23NO2S. The summed E-state index contributed by atoms with van der Waals surface area (Å²) in [6.07, 6.45) is 1.09. The Balaban J connectivity index is 2.36. The van der Waals surface area contributed by atoms with Crippen molar-refractivity contribution >= 4 is 11.8 Å². The summed E-state index contributed by atoms with van der Waals surface area (Å²) in [5, 5.41) is 3.38. The molecule has 0 saturated heterocycles. The molecule has 0 bridgehead atoms. The maximum absolute atomic E-state index is 5.06. The third kappa shape index (κ3) is 6.40. The summed E-state index contributed by atoms with van der Waals surface area (Å²) in [5.74, 6) is 1.10. The van der Waals surface area contributed by atoms with E-state index in [1.165, 1.54) is 10.5 Å². The lowest BCUT2D eigenvalue weighted by molar-refractivity contribution is 0.199. The standard InChI is InChI=1S/C14H23NO2S/c1-16-9-5-11-18-14-7-4-3-6-13(14)12-15-8-10-17-2/h3-4,6-7,15H,5,8-12H2,1-2H3. The van der Waals surface area contributed by atoms with Crippen LogP contribution in [0.4, 0.5) is 0 Å². The van der Waals surface area contributed by atoms with Crippen molar-refractivity contribution in [2.75, 3.05) is 39.7 Å². The summed E-state index contributed by atoms with van der Waals surface area (Å²) in [7, 11) is 3.47. The van der Waals surface area contributed by atoms with E-state index in [1.54, 1.807) is 14.2 Å².